The molecule has 4 fully saturated rings. The van der Waals surface area contributed by atoms with Crippen molar-refractivity contribution in [2.75, 3.05) is 0 Å². The fourth-order valence-corrected chi connectivity index (χ4v) is 5.25. The van der Waals surface area contributed by atoms with Crippen LogP contribution in [0.1, 0.15) is 81.1 Å². The minimum Gasteiger partial charge on any atom is -0.673 e. The molecular formula is C20H36MnN4-4. The Morgan fingerprint density at radius 2 is 0.680 bits per heavy atom. The first-order chi connectivity index (χ1) is 10.8. The van der Waals surface area contributed by atoms with E-state index in [1.54, 1.807) is 0 Å². The Kier molecular flexibility index (Phi) is 5.85. The third kappa shape index (κ3) is 5.21. The molecule has 1 radical (unpaired) electrons. The van der Waals surface area contributed by atoms with Crippen LogP contribution in [0.4, 0.5) is 0 Å². The van der Waals surface area contributed by atoms with Crippen molar-refractivity contribution in [1.29, 1.82) is 0 Å². The van der Waals surface area contributed by atoms with Crippen molar-refractivity contribution in [3.05, 3.63) is 21.3 Å². The van der Waals surface area contributed by atoms with E-state index < -0.39 is 0 Å². The molecular weight excluding hydrogens is 351 g/mol. The molecule has 0 amide bonds. The number of nitrogens with zero attached hydrogens (tertiary/aromatic N) is 4. The van der Waals surface area contributed by atoms with Crippen molar-refractivity contribution < 1.29 is 17.1 Å². The van der Waals surface area contributed by atoms with Crippen LogP contribution >= 0.6 is 0 Å². The summed E-state index contributed by atoms with van der Waals surface area (Å²) in [5.41, 5.74) is 0.759. The van der Waals surface area contributed by atoms with Crippen LogP contribution in [0.3, 0.4) is 0 Å². The van der Waals surface area contributed by atoms with Crippen LogP contribution in [0.2, 0.25) is 0 Å². The zero-order valence-corrected chi connectivity index (χ0v) is 18.5. The maximum absolute atomic E-state index is 4.71. The monoisotopic (exact) mass is 387 g/mol. The van der Waals surface area contributed by atoms with Gasteiger partial charge in [0.15, 0.2) is 0 Å². The molecule has 5 heteroatoms. The molecule has 25 heavy (non-hydrogen) atoms. The summed E-state index contributed by atoms with van der Waals surface area (Å²) in [7, 11) is 0. The van der Waals surface area contributed by atoms with E-state index in [9.17, 15) is 0 Å². The van der Waals surface area contributed by atoms with Gasteiger partial charge in [-0.05, 0) is 0 Å². The number of fused-ring (bicyclic) bond motifs is 2. The minimum atomic E-state index is 0. The van der Waals surface area contributed by atoms with Crippen LogP contribution < -0.4 is 0 Å². The van der Waals surface area contributed by atoms with Crippen molar-refractivity contribution in [2.24, 2.45) is 11.8 Å². The van der Waals surface area contributed by atoms with Crippen molar-refractivity contribution >= 4 is 0 Å². The minimum absolute atomic E-state index is 0. The Labute approximate surface area is 165 Å². The molecule has 0 aromatic carbocycles. The summed E-state index contributed by atoms with van der Waals surface area (Å²) in [5.74, 6) is 1.46. The van der Waals surface area contributed by atoms with Crippen LogP contribution in [0, 0.1) is 11.8 Å². The summed E-state index contributed by atoms with van der Waals surface area (Å²) in [6, 6.07) is 0. The fourth-order valence-electron chi connectivity index (χ4n) is 5.25. The van der Waals surface area contributed by atoms with Gasteiger partial charge in [0.2, 0.25) is 0 Å². The Hall–Kier alpha value is 0.359. The molecule has 0 aromatic rings. The summed E-state index contributed by atoms with van der Waals surface area (Å²) in [5, 5.41) is 18.8. The molecule has 4 saturated heterocycles. The normalized spacial score (nSPS) is 41.3. The fraction of sp³-hybridized carbons (Fsp3) is 1.00. The van der Waals surface area contributed by atoms with Gasteiger partial charge >= 0.3 is 0 Å². The molecule has 4 heterocycles. The second-order valence-corrected chi connectivity index (χ2v) is 10.9. The Morgan fingerprint density at radius 1 is 0.480 bits per heavy atom. The largest absolute Gasteiger partial charge is 0.673 e. The van der Waals surface area contributed by atoms with E-state index in [0.29, 0.717) is 12.3 Å². The molecule has 4 aliphatic heterocycles. The third-order valence-electron chi connectivity index (χ3n) is 5.82. The zero-order valence-electron chi connectivity index (χ0n) is 17.3. The Bertz CT molecular complexity index is 366. The molecule has 0 atom stereocenters. The summed E-state index contributed by atoms with van der Waals surface area (Å²) >= 11 is 0. The molecule has 0 spiro atoms. The van der Waals surface area contributed by atoms with Gasteiger partial charge in [0.05, 0.1) is 0 Å². The van der Waals surface area contributed by atoms with Gasteiger partial charge in [0.25, 0.3) is 0 Å². The number of hydrogen-bond acceptors (Lipinski definition) is 0. The van der Waals surface area contributed by atoms with Crippen LogP contribution in [-0.4, -0.2) is 34.5 Å². The second kappa shape index (κ2) is 6.75. The van der Waals surface area contributed by atoms with Crippen LogP contribution in [0.25, 0.3) is 21.3 Å². The molecule has 0 aromatic heterocycles. The first-order valence-electron chi connectivity index (χ1n) is 9.64. The summed E-state index contributed by atoms with van der Waals surface area (Å²) in [6.07, 6.45) is 5.54. The predicted molar refractivity (Wildman–Crippen MR) is 103 cm³/mol. The summed E-state index contributed by atoms with van der Waals surface area (Å²) < 4.78 is 0. The van der Waals surface area contributed by atoms with E-state index >= 15 is 0 Å². The van der Waals surface area contributed by atoms with Gasteiger partial charge in [-0.25, -0.2) is 12.3 Å². The van der Waals surface area contributed by atoms with Gasteiger partial charge in [-0.1, -0.05) is 92.9 Å². The van der Waals surface area contributed by atoms with Crippen LogP contribution in [0.5, 0.6) is 0 Å². The molecule has 0 unspecified atom stereocenters. The molecule has 147 valence electrons. The average molecular weight is 387 g/mol. The van der Waals surface area contributed by atoms with E-state index in [1.807, 2.05) is 0 Å². The molecule has 4 rings (SSSR count). The van der Waals surface area contributed by atoms with E-state index in [-0.39, 0.29) is 39.2 Å². The van der Waals surface area contributed by atoms with Gasteiger partial charge in [0, 0.05) is 17.1 Å². The van der Waals surface area contributed by atoms with Gasteiger partial charge in [0.1, 0.15) is 0 Å². The van der Waals surface area contributed by atoms with E-state index in [0.717, 1.165) is 11.8 Å². The van der Waals surface area contributed by atoms with Crippen molar-refractivity contribution in [3.63, 3.8) is 0 Å². The molecule has 4 aliphatic rings. The molecule has 0 bridgehead atoms. The van der Waals surface area contributed by atoms with Gasteiger partial charge < -0.3 is 21.3 Å². The molecule has 4 nitrogen and oxygen atoms in total. The Balaban J connectivity index is 0.000000173. The smallest absolute Gasteiger partial charge is 0 e. The summed E-state index contributed by atoms with van der Waals surface area (Å²) in [6.45, 7) is 17.7. The van der Waals surface area contributed by atoms with Crippen LogP contribution in [0.15, 0.2) is 0 Å². The van der Waals surface area contributed by atoms with Crippen molar-refractivity contribution in [2.45, 2.75) is 116 Å². The van der Waals surface area contributed by atoms with E-state index in [1.165, 1.54) is 25.7 Å². The second-order valence-electron chi connectivity index (χ2n) is 10.9. The zero-order chi connectivity index (χ0) is 18.0. The molecule has 0 N–H and O–H groups in total. The average Bonchev–Trinajstić information content (AvgIpc) is 2.89. The topological polar surface area (TPSA) is 56.4 Å². The SMILES string of the molecule is CC1(C)CC2CC(C)(C)[N-]C2[N-]1.CC1(C)CC2CC(C)(C)[N-]C2[N-]1.[Mn]. The Morgan fingerprint density at radius 3 is 0.840 bits per heavy atom. The van der Waals surface area contributed by atoms with Gasteiger partial charge in [-0.2, -0.15) is 0 Å². The predicted octanol–water partition coefficient (Wildman–Crippen LogP) is 6.08. The number of hydrogen-bond donors (Lipinski definition) is 0. The summed E-state index contributed by atoms with van der Waals surface area (Å²) in [4.78, 5) is 0. The third-order valence-corrected chi connectivity index (χ3v) is 5.82. The van der Waals surface area contributed by atoms with Gasteiger partial charge in [-0.15, -0.1) is 22.2 Å². The first-order valence-corrected chi connectivity index (χ1v) is 9.64. The molecule has 0 saturated carbocycles. The first kappa shape index (κ1) is 21.7. The van der Waals surface area contributed by atoms with E-state index in [4.69, 9.17) is 21.3 Å². The quantitative estimate of drug-likeness (QED) is 0.452. The van der Waals surface area contributed by atoms with Gasteiger partial charge in [-0.3, -0.25) is 0 Å². The maximum Gasteiger partial charge on any atom is 0 e. The van der Waals surface area contributed by atoms with Crippen molar-refractivity contribution in [1.82, 2.24) is 0 Å². The van der Waals surface area contributed by atoms with Crippen LogP contribution in [-0.2, 0) is 17.1 Å². The van der Waals surface area contributed by atoms with Crippen molar-refractivity contribution in [3.8, 4) is 0 Å². The number of rotatable bonds is 0. The maximum atomic E-state index is 4.71. The molecule has 0 aliphatic carbocycles. The standard InChI is InChI=1S/2C10H18N2.Mn/c2*1-9(2)5-7-6-10(3,4)12-8(7)11-9;/h2*7-8H,5-6H2,1-4H3;/q2*-2;. The van der Waals surface area contributed by atoms with E-state index in [2.05, 4.69) is 55.4 Å².